The Hall–Kier alpha value is -1.39. The Balaban J connectivity index is 2.69. The van der Waals surface area contributed by atoms with E-state index in [0.717, 1.165) is 0 Å². The van der Waals surface area contributed by atoms with Crippen LogP contribution in [0.3, 0.4) is 0 Å². The summed E-state index contributed by atoms with van der Waals surface area (Å²) in [6.07, 6.45) is 0.216. The number of nitrogens with zero attached hydrogens (tertiary/aromatic N) is 2. The monoisotopic (exact) mass is 254 g/mol. The van der Waals surface area contributed by atoms with Crippen molar-refractivity contribution in [3.8, 4) is 0 Å². The standard InChI is InChI=1S/C13H22N2O3/c1-5-14-6-7-15(9-11(14)17)12(18)13(3,4)8-10(2)16/h5-9H2,1-4H3. The van der Waals surface area contributed by atoms with Crippen LogP contribution in [0.25, 0.3) is 0 Å². The summed E-state index contributed by atoms with van der Waals surface area (Å²) in [5, 5.41) is 0. The summed E-state index contributed by atoms with van der Waals surface area (Å²) in [4.78, 5) is 38.5. The number of amides is 2. The molecule has 0 aliphatic carbocycles. The summed E-state index contributed by atoms with van der Waals surface area (Å²) >= 11 is 0. The molecule has 0 unspecified atom stereocenters. The molecule has 1 saturated heterocycles. The SMILES string of the molecule is CCN1CCN(C(=O)C(C)(C)CC(C)=O)CC1=O. The van der Waals surface area contributed by atoms with Crippen LogP contribution in [0.2, 0.25) is 0 Å². The van der Waals surface area contributed by atoms with E-state index in [9.17, 15) is 14.4 Å². The number of ketones is 1. The summed E-state index contributed by atoms with van der Waals surface area (Å²) in [6.45, 7) is 8.87. The minimum absolute atomic E-state index is 0.00753. The van der Waals surface area contributed by atoms with Crippen LogP contribution in [0.4, 0.5) is 0 Å². The van der Waals surface area contributed by atoms with E-state index in [1.54, 1.807) is 23.6 Å². The quantitative estimate of drug-likeness (QED) is 0.741. The molecule has 1 aliphatic rings. The Kier molecular flexibility index (Phi) is 4.48. The number of Topliss-reactive ketones (excluding diaryl/α,β-unsaturated/α-hetero) is 1. The van der Waals surface area contributed by atoms with Crippen molar-refractivity contribution in [3.05, 3.63) is 0 Å². The van der Waals surface area contributed by atoms with E-state index in [-0.39, 0.29) is 30.6 Å². The molecular weight excluding hydrogens is 232 g/mol. The van der Waals surface area contributed by atoms with Crippen LogP contribution in [0.5, 0.6) is 0 Å². The van der Waals surface area contributed by atoms with Crippen LogP contribution in [0, 0.1) is 5.41 Å². The fraction of sp³-hybridized carbons (Fsp3) is 0.769. The Labute approximate surface area is 108 Å². The third-order valence-electron chi connectivity index (χ3n) is 3.26. The topological polar surface area (TPSA) is 57.7 Å². The number of hydrogen-bond donors (Lipinski definition) is 0. The predicted molar refractivity (Wildman–Crippen MR) is 67.9 cm³/mol. The molecule has 0 radical (unpaired) electrons. The lowest BCUT2D eigenvalue weighted by molar-refractivity contribution is -0.151. The predicted octanol–water partition coefficient (Wildman–Crippen LogP) is 0.682. The van der Waals surface area contributed by atoms with Gasteiger partial charge in [0, 0.05) is 26.1 Å². The van der Waals surface area contributed by atoms with Gasteiger partial charge in [-0.25, -0.2) is 0 Å². The molecule has 18 heavy (non-hydrogen) atoms. The van der Waals surface area contributed by atoms with E-state index in [4.69, 9.17) is 0 Å². The van der Waals surface area contributed by atoms with Crippen LogP contribution in [0.1, 0.15) is 34.1 Å². The molecule has 0 aromatic carbocycles. The maximum atomic E-state index is 12.3. The molecule has 0 atom stereocenters. The first-order chi connectivity index (χ1) is 8.27. The molecule has 0 aromatic rings. The third kappa shape index (κ3) is 3.31. The van der Waals surface area contributed by atoms with Gasteiger partial charge >= 0.3 is 0 Å². The number of likely N-dealkylation sites (N-methyl/N-ethyl adjacent to an activating group) is 1. The average Bonchev–Trinajstić information content (AvgIpc) is 2.26. The molecule has 0 saturated carbocycles. The molecule has 1 rings (SSSR count). The van der Waals surface area contributed by atoms with Gasteiger partial charge in [-0.15, -0.1) is 0 Å². The fourth-order valence-corrected chi connectivity index (χ4v) is 2.34. The maximum absolute atomic E-state index is 12.3. The molecule has 0 bridgehead atoms. The molecule has 5 nitrogen and oxygen atoms in total. The highest BCUT2D eigenvalue weighted by molar-refractivity contribution is 5.91. The number of carbonyl (C=O) groups is 3. The fourth-order valence-electron chi connectivity index (χ4n) is 2.34. The van der Waals surface area contributed by atoms with Gasteiger partial charge in [0.15, 0.2) is 0 Å². The number of piperazine rings is 1. The lowest BCUT2D eigenvalue weighted by Crippen LogP contribution is -2.54. The van der Waals surface area contributed by atoms with Gasteiger partial charge in [0.2, 0.25) is 11.8 Å². The van der Waals surface area contributed by atoms with Crippen molar-refractivity contribution in [2.45, 2.75) is 34.1 Å². The summed E-state index contributed by atoms with van der Waals surface area (Å²) in [7, 11) is 0. The van der Waals surface area contributed by atoms with Crippen molar-refractivity contribution in [2.24, 2.45) is 5.41 Å². The van der Waals surface area contributed by atoms with Gasteiger partial charge in [-0.2, -0.15) is 0 Å². The first-order valence-corrected chi connectivity index (χ1v) is 6.34. The Morgan fingerprint density at radius 1 is 1.28 bits per heavy atom. The maximum Gasteiger partial charge on any atom is 0.242 e. The normalized spacial score (nSPS) is 17.0. The zero-order valence-electron chi connectivity index (χ0n) is 11.7. The molecular formula is C13H22N2O3. The molecule has 5 heteroatoms. The second-order valence-corrected chi connectivity index (χ2v) is 5.46. The molecule has 1 fully saturated rings. The van der Waals surface area contributed by atoms with Gasteiger partial charge in [0.1, 0.15) is 5.78 Å². The Morgan fingerprint density at radius 3 is 2.33 bits per heavy atom. The van der Waals surface area contributed by atoms with Crippen LogP contribution < -0.4 is 0 Å². The minimum Gasteiger partial charge on any atom is -0.340 e. The molecule has 102 valence electrons. The summed E-state index contributed by atoms with van der Waals surface area (Å²) in [5.41, 5.74) is -0.722. The van der Waals surface area contributed by atoms with Crippen molar-refractivity contribution in [3.63, 3.8) is 0 Å². The first kappa shape index (κ1) is 14.7. The largest absolute Gasteiger partial charge is 0.340 e. The van der Waals surface area contributed by atoms with Crippen LogP contribution >= 0.6 is 0 Å². The number of rotatable bonds is 4. The van der Waals surface area contributed by atoms with Crippen molar-refractivity contribution in [2.75, 3.05) is 26.2 Å². The van der Waals surface area contributed by atoms with Gasteiger partial charge < -0.3 is 9.80 Å². The van der Waals surface area contributed by atoms with Crippen LogP contribution in [-0.2, 0) is 14.4 Å². The van der Waals surface area contributed by atoms with Gasteiger partial charge in [0.05, 0.1) is 12.0 Å². The second kappa shape index (κ2) is 5.50. The number of hydrogen-bond acceptors (Lipinski definition) is 3. The summed E-state index contributed by atoms with van der Waals surface area (Å²) in [5.74, 6) is -0.135. The second-order valence-electron chi connectivity index (χ2n) is 5.46. The Bertz CT molecular complexity index is 363. The lowest BCUT2D eigenvalue weighted by atomic mass is 9.85. The van der Waals surface area contributed by atoms with E-state index in [1.807, 2.05) is 6.92 Å². The Morgan fingerprint density at radius 2 is 1.89 bits per heavy atom. The summed E-state index contributed by atoms with van der Waals surface area (Å²) in [6, 6.07) is 0. The zero-order chi connectivity index (χ0) is 13.9. The van der Waals surface area contributed by atoms with E-state index in [2.05, 4.69) is 0 Å². The first-order valence-electron chi connectivity index (χ1n) is 6.34. The zero-order valence-corrected chi connectivity index (χ0v) is 11.7. The molecule has 1 aliphatic heterocycles. The lowest BCUT2D eigenvalue weighted by Gasteiger charge is -2.37. The van der Waals surface area contributed by atoms with Gasteiger partial charge in [-0.1, -0.05) is 13.8 Å². The molecule has 1 heterocycles. The van der Waals surface area contributed by atoms with E-state index in [1.165, 1.54) is 6.92 Å². The number of carbonyl (C=O) groups excluding carboxylic acids is 3. The molecule has 0 aromatic heterocycles. The molecule has 0 N–H and O–H groups in total. The van der Waals surface area contributed by atoms with Crippen LogP contribution in [-0.4, -0.2) is 53.6 Å². The minimum atomic E-state index is -0.722. The van der Waals surface area contributed by atoms with Crippen molar-refractivity contribution >= 4 is 17.6 Å². The van der Waals surface area contributed by atoms with Crippen molar-refractivity contribution < 1.29 is 14.4 Å². The van der Waals surface area contributed by atoms with Crippen molar-refractivity contribution in [1.82, 2.24) is 9.80 Å². The smallest absolute Gasteiger partial charge is 0.242 e. The average molecular weight is 254 g/mol. The third-order valence-corrected chi connectivity index (χ3v) is 3.26. The molecule has 2 amide bonds. The van der Waals surface area contributed by atoms with E-state index < -0.39 is 5.41 Å². The highest BCUT2D eigenvalue weighted by Gasteiger charge is 2.36. The van der Waals surface area contributed by atoms with Gasteiger partial charge in [-0.3, -0.25) is 14.4 Å². The van der Waals surface area contributed by atoms with Crippen molar-refractivity contribution in [1.29, 1.82) is 0 Å². The molecule has 0 spiro atoms. The van der Waals surface area contributed by atoms with E-state index >= 15 is 0 Å². The van der Waals surface area contributed by atoms with Crippen LogP contribution in [0.15, 0.2) is 0 Å². The summed E-state index contributed by atoms with van der Waals surface area (Å²) < 4.78 is 0. The highest BCUT2D eigenvalue weighted by atomic mass is 16.2. The highest BCUT2D eigenvalue weighted by Crippen LogP contribution is 2.24. The van der Waals surface area contributed by atoms with Gasteiger partial charge in [-0.05, 0) is 13.8 Å². The van der Waals surface area contributed by atoms with E-state index in [0.29, 0.717) is 19.6 Å². The van der Waals surface area contributed by atoms with Gasteiger partial charge in [0.25, 0.3) is 0 Å².